The number of rotatable bonds is 8. The summed E-state index contributed by atoms with van der Waals surface area (Å²) in [6.07, 6.45) is 0. The molecule has 9 rings (SSSR count). The minimum absolute atomic E-state index is 0.616. The number of aromatic nitrogens is 1. The molecule has 0 radical (unpaired) electrons. The van der Waals surface area contributed by atoms with Crippen molar-refractivity contribution >= 4 is 28.2 Å². The second-order valence-corrected chi connectivity index (χ2v) is 12.8. The van der Waals surface area contributed by atoms with Gasteiger partial charge < -0.3 is 9.32 Å². The van der Waals surface area contributed by atoms with E-state index in [0.717, 1.165) is 56.0 Å². The van der Waals surface area contributed by atoms with Crippen molar-refractivity contribution in [1.29, 1.82) is 0 Å². The van der Waals surface area contributed by atoms with Crippen molar-refractivity contribution in [2.45, 2.75) is 0 Å². The molecular formula is C49H34N2O. The first-order valence-corrected chi connectivity index (χ1v) is 17.5. The average molecular weight is 667 g/mol. The van der Waals surface area contributed by atoms with E-state index in [1.54, 1.807) is 0 Å². The number of fused-ring (bicyclic) bond motifs is 1. The van der Waals surface area contributed by atoms with Crippen molar-refractivity contribution in [3.8, 4) is 56.0 Å². The van der Waals surface area contributed by atoms with Crippen LogP contribution in [0.3, 0.4) is 0 Å². The standard InChI is InChI=1S/C49H34N2O/c1-4-15-35(16-5-1)44-25-14-26-47-48(44)50-49(52-47)38-29-27-36(28-30-38)42-21-10-12-23-45(42)46-24-13-11-22-43(46)37-31-33-41(34-32-37)51(39-17-6-2-7-18-39)40-19-8-3-9-20-40/h1-34H. The summed E-state index contributed by atoms with van der Waals surface area (Å²) in [4.78, 5) is 7.24. The summed E-state index contributed by atoms with van der Waals surface area (Å²) >= 11 is 0. The molecule has 0 bridgehead atoms. The zero-order chi connectivity index (χ0) is 34.7. The number of para-hydroxylation sites is 3. The quantitative estimate of drug-likeness (QED) is 0.162. The lowest BCUT2D eigenvalue weighted by atomic mass is 9.89. The van der Waals surface area contributed by atoms with Crippen LogP contribution in [0.4, 0.5) is 17.1 Å². The zero-order valence-electron chi connectivity index (χ0n) is 28.4. The fraction of sp³-hybridized carbons (Fsp3) is 0. The number of nitrogens with zero attached hydrogens (tertiary/aromatic N) is 2. The Labute approximate surface area is 303 Å². The van der Waals surface area contributed by atoms with E-state index < -0.39 is 0 Å². The van der Waals surface area contributed by atoms with Crippen LogP contribution in [0.2, 0.25) is 0 Å². The molecule has 0 aliphatic carbocycles. The van der Waals surface area contributed by atoms with E-state index in [2.05, 4.69) is 181 Å². The summed E-state index contributed by atoms with van der Waals surface area (Å²) in [6.45, 7) is 0. The van der Waals surface area contributed by atoms with Crippen LogP contribution >= 0.6 is 0 Å². The van der Waals surface area contributed by atoms with Crippen molar-refractivity contribution in [1.82, 2.24) is 4.98 Å². The third-order valence-electron chi connectivity index (χ3n) is 9.56. The Bertz CT molecular complexity index is 2550. The van der Waals surface area contributed by atoms with Crippen LogP contribution < -0.4 is 4.90 Å². The Hall–Kier alpha value is -6.97. The molecule has 0 aliphatic heterocycles. The highest BCUT2D eigenvalue weighted by atomic mass is 16.3. The molecule has 9 aromatic rings. The number of benzene rings is 8. The molecule has 0 atom stereocenters. The van der Waals surface area contributed by atoms with Gasteiger partial charge in [0.2, 0.25) is 5.89 Å². The first-order chi connectivity index (χ1) is 25.8. The molecule has 1 heterocycles. The Morgan fingerprint density at radius 2 is 0.712 bits per heavy atom. The Kier molecular flexibility index (Phi) is 8.20. The van der Waals surface area contributed by atoms with Gasteiger partial charge in [0.15, 0.2) is 5.58 Å². The van der Waals surface area contributed by atoms with Gasteiger partial charge in [0.05, 0.1) is 0 Å². The summed E-state index contributed by atoms with van der Waals surface area (Å²) in [7, 11) is 0. The largest absolute Gasteiger partial charge is 0.436 e. The number of hydrogen-bond acceptors (Lipinski definition) is 3. The summed E-state index contributed by atoms with van der Waals surface area (Å²) in [5.74, 6) is 0.616. The van der Waals surface area contributed by atoms with E-state index in [1.807, 2.05) is 30.3 Å². The number of anilines is 3. The highest BCUT2D eigenvalue weighted by Gasteiger charge is 2.16. The van der Waals surface area contributed by atoms with E-state index in [4.69, 9.17) is 9.40 Å². The van der Waals surface area contributed by atoms with E-state index in [9.17, 15) is 0 Å². The SMILES string of the molecule is c1ccc(-c2cccc3oc(-c4ccc(-c5ccccc5-c5ccccc5-c5ccc(N(c6ccccc6)c6ccccc6)cc5)cc4)nc23)cc1. The third-order valence-corrected chi connectivity index (χ3v) is 9.56. The molecule has 1 aromatic heterocycles. The lowest BCUT2D eigenvalue weighted by Crippen LogP contribution is -2.09. The van der Waals surface area contributed by atoms with Gasteiger partial charge in [-0.1, -0.05) is 152 Å². The van der Waals surface area contributed by atoms with Crippen LogP contribution in [0.1, 0.15) is 0 Å². The highest BCUT2D eigenvalue weighted by molar-refractivity contribution is 5.94. The summed E-state index contributed by atoms with van der Waals surface area (Å²) in [5, 5.41) is 0. The first-order valence-electron chi connectivity index (χ1n) is 17.5. The molecule has 0 spiro atoms. The molecule has 3 nitrogen and oxygen atoms in total. The predicted molar refractivity (Wildman–Crippen MR) is 216 cm³/mol. The molecule has 0 saturated heterocycles. The van der Waals surface area contributed by atoms with Crippen molar-refractivity contribution in [3.63, 3.8) is 0 Å². The molecule has 0 unspecified atom stereocenters. The molecule has 246 valence electrons. The average Bonchev–Trinajstić information content (AvgIpc) is 3.68. The maximum Gasteiger partial charge on any atom is 0.227 e. The monoisotopic (exact) mass is 666 g/mol. The van der Waals surface area contributed by atoms with E-state index in [1.165, 1.54) is 22.3 Å². The van der Waals surface area contributed by atoms with Crippen LogP contribution in [0.15, 0.2) is 211 Å². The summed E-state index contributed by atoms with van der Waals surface area (Å²) in [5.41, 5.74) is 15.1. The smallest absolute Gasteiger partial charge is 0.227 e. The van der Waals surface area contributed by atoms with Crippen LogP contribution in [0, 0.1) is 0 Å². The lowest BCUT2D eigenvalue weighted by molar-refractivity contribution is 0.620. The van der Waals surface area contributed by atoms with E-state index >= 15 is 0 Å². The zero-order valence-corrected chi connectivity index (χ0v) is 28.4. The van der Waals surface area contributed by atoms with Crippen molar-refractivity contribution in [2.24, 2.45) is 0 Å². The van der Waals surface area contributed by atoms with Gasteiger partial charge in [-0.2, -0.15) is 0 Å². The lowest BCUT2D eigenvalue weighted by Gasteiger charge is -2.25. The van der Waals surface area contributed by atoms with Crippen LogP contribution in [0.25, 0.3) is 67.1 Å². The second kappa shape index (κ2) is 13.7. The Morgan fingerprint density at radius 3 is 1.27 bits per heavy atom. The molecule has 52 heavy (non-hydrogen) atoms. The van der Waals surface area contributed by atoms with Crippen molar-refractivity contribution < 1.29 is 4.42 Å². The molecule has 0 saturated carbocycles. The normalized spacial score (nSPS) is 11.1. The van der Waals surface area contributed by atoms with E-state index in [-0.39, 0.29) is 0 Å². The van der Waals surface area contributed by atoms with E-state index in [0.29, 0.717) is 5.89 Å². The van der Waals surface area contributed by atoms with Crippen LogP contribution in [-0.2, 0) is 0 Å². The second-order valence-electron chi connectivity index (χ2n) is 12.8. The fourth-order valence-corrected chi connectivity index (χ4v) is 7.05. The van der Waals surface area contributed by atoms with Gasteiger partial charge in [-0.05, 0) is 93.5 Å². The van der Waals surface area contributed by atoms with Crippen molar-refractivity contribution in [2.75, 3.05) is 4.90 Å². The Morgan fingerprint density at radius 1 is 0.308 bits per heavy atom. The van der Waals surface area contributed by atoms with Gasteiger partial charge in [0, 0.05) is 28.2 Å². The third kappa shape index (κ3) is 5.95. The van der Waals surface area contributed by atoms with Gasteiger partial charge in [-0.3, -0.25) is 0 Å². The highest BCUT2D eigenvalue weighted by Crippen LogP contribution is 2.41. The topological polar surface area (TPSA) is 29.3 Å². The minimum Gasteiger partial charge on any atom is -0.436 e. The van der Waals surface area contributed by atoms with Crippen molar-refractivity contribution in [3.05, 3.63) is 206 Å². The molecular weight excluding hydrogens is 633 g/mol. The van der Waals surface area contributed by atoms with Crippen LogP contribution in [-0.4, -0.2) is 4.98 Å². The van der Waals surface area contributed by atoms with Gasteiger partial charge in [0.25, 0.3) is 0 Å². The molecule has 3 heteroatoms. The first kappa shape index (κ1) is 31.0. The Balaban J connectivity index is 1.04. The maximum atomic E-state index is 6.28. The maximum absolute atomic E-state index is 6.28. The van der Waals surface area contributed by atoms with Gasteiger partial charge in [-0.25, -0.2) is 4.98 Å². The number of hydrogen-bond donors (Lipinski definition) is 0. The van der Waals surface area contributed by atoms with Gasteiger partial charge in [-0.15, -0.1) is 0 Å². The van der Waals surface area contributed by atoms with Gasteiger partial charge in [0.1, 0.15) is 5.52 Å². The molecule has 0 amide bonds. The summed E-state index contributed by atoms with van der Waals surface area (Å²) in [6, 6.07) is 72.2. The number of oxazole rings is 1. The predicted octanol–water partition coefficient (Wildman–Crippen LogP) is 13.6. The summed E-state index contributed by atoms with van der Waals surface area (Å²) < 4.78 is 6.28. The fourth-order valence-electron chi connectivity index (χ4n) is 7.05. The molecule has 0 N–H and O–H groups in total. The minimum atomic E-state index is 0.616. The molecule has 0 aliphatic rings. The molecule has 0 fully saturated rings. The van der Waals surface area contributed by atoms with Crippen LogP contribution in [0.5, 0.6) is 0 Å². The molecule has 8 aromatic carbocycles. The van der Waals surface area contributed by atoms with Gasteiger partial charge >= 0.3 is 0 Å².